The van der Waals surface area contributed by atoms with Crippen LogP contribution in [-0.2, 0) is 9.59 Å². The molecule has 0 aliphatic carbocycles. The van der Waals surface area contributed by atoms with E-state index in [2.05, 4.69) is 34.3 Å². The monoisotopic (exact) mass is 679 g/mol. The predicted octanol–water partition coefficient (Wildman–Crippen LogP) is 6.19. The number of barbiturate groups is 1. The third kappa shape index (κ3) is 8.97. The van der Waals surface area contributed by atoms with Gasteiger partial charge < -0.3 is 18.9 Å². The number of amides is 4. The highest BCUT2D eigenvalue weighted by atomic mass is 16.6. The number of non-ortho nitro benzene ring substituents is 1. The lowest BCUT2D eigenvalue weighted by atomic mass is 10.1. The predicted molar refractivity (Wildman–Crippen MR) is 186 cm³/mol. The summed E-state index contributed by atoms with van der Waals surface area (Å²) in [5, 5.41) is 18.8. The van der Waals surface area contributed by atoms with Crippen molar-refractivity contribution in [2.75, 3.05) is 18.6 Å². The first-order valence-electron chi connectivity index (χ1n) is 15.6. The highest BCUT2D eigenvalue weighted by Gasteiger charge is 2.28. The van der Waals surface area contributed by atoms with E-state index >= 15 is 0 Å². The number of rotatable bonds is 12. The minimum Gasteiger partial charge on any atom is -0.493 e. The van der Waals surface area contributed by atoms with Crippen molar-refractivity contribution in [2.24, 2.45) is 5.10 Å². The molecule has 4 amide bonds. The summed E-state index contributed by atoms with van der Waals surface area (Å²) in [5.74, 6) is 1.15. The Kier molecular flexibility index (Phi) is 11.3. The summed E-state index contributed by atoms with van der Waals surface area (Å²) in [6.07, 6.45) is 4.83. The SMILES string of the molecule is CCCOc1ccc(/C=N/Nc2nc3ccccc3[nH]2)c(OCCC)c1.O=C1NC(=O)C(=Cc2ccc(-c3ccc([N+](=O)[O-])cc3)o2)C(=O)N1. The fourth-order valence-electron chi connectivity index (χ4n) is 4.52. The number of ether oxygens (including phenoxy) is 2. The van der Waals surface area contributed by atoms with E-state index in [0.717, 1.165) is 40.9 Å². The second kappa shape index (κ2) is 16.4. The number of hydrogen-bond donors (Lipinski definition) is 4. The van der Waals surface area contributed by atoms with E-state index in [-0.39, 0.29) is 17.0 Å². The van der Waals surface area contributed by atoms with Gasteiger partial charge in [-0.2, -0.15) is 5.10 Å². The van der Waals surface area contributed by atoms with Crippen molar-refractivity contribution in [2.45, 2.75) is 26.7 Å². The number of imide groups is 2. The molecule has 0 bridgehead atoms. The molecule has 1 aliphatic heterocycles. The molecule has 0 radical (unpaired) electrons. The third-order valence-corrected chi connectivity index (χ3v) is 6.90. The first-order valence-corrected chi connectivity index (χ1v) is 15.6. The number of fused-ring (bicyclic) bond motifs is 1. The van der Waals surface area contributed by atoms with Gasteiger partial charge in [-0.15, -0.1) is 0 Å². The van der Waals surface area contributed by atoms with Crippen molar-refractivity contribution in [3.63, 3.8) is 0 Å². The number of nitro benzene ring substituents is 1. The minimum atomic E-state index is -0.881. The highest BCUT2D eigenvalue weighted by molar-refractivity contribution is 6.31. The van der Waals surface area contributed by atoms with E-state index in [9.17, 15) is 24.5 Å². The number of carbonyl (C=O) groups is 3. The van der Waals surface area contributed by atoms with Gasteiger partial charge in [0, 0.05) is 29.3 Å². The maximum Gasteiger partial charge on any atom is 0.328 e. The van der Waals surface area contributed by atoms with Crippen LogP contribution in [-0.4, -0.2) is 52.2 Å². The molecular formula is C35H33N7O8. The first-order chi connectivity index (χ1) is 24.2. The lowest BCUT2D eigenvalue weighted by Gasteiger charge is -2.13. The Balaban J connectivity index is 0.000000195. The van der Waals surface area contributed by atoms with Gasteiger partial charge in [0.15, 0.2) is 0 Å². The number of hydrazone groups is 1. The van der Waals surface area contributed by atoms with Crippen LogP contribution in [0.25, 0.3) is 28.4 Å². The Hall–Kier alpha value is -6.77. The molecule has 50 heavy (non-hydrogen) atoms. The van der Waals surface area contributed by atoms with E-state index in [1.165, 1.54) is 36.4 Å². The number of furan rings is 1. The van der Waals surface area contributed by atoms with Crippen molar-refractivity contribution < 1.29 is 33.2 Å². The summed E-state index contributed by atoms with van der Waals surface area (Å²) in [6, 6.07) is 21.6. The topological polar surface area (TPSA) is 203 Å². The maximum absolute atomic E-state index is 11.6. The lowest BCUT2D eigenvalue weighted by molar-refractivity contribution is -0.384. The second-order valence-electron chi connectivity index (χ2n) is 10.7. The van der Waals surface area contributed by atoms with Crippen LogP contribution >= 0.6 is 0 Å². The largest absolute Gasteiger partial charge is 0.493 e. The highest BCUT2D eigenvalue weighted by Crippen LogP contribution is 2.26. The third-order valence-electron chi connectivity index (χ3n) is 6.90. The van der Waals surface area contributed by atoms with Crippen LogP contribution in [0, 0.1) is 10.1 Å². The molecule has 3 heterocycles. The molecule has 5 aromatic rings. The normalized spacial score (nSPS) is 12.6. The number of imidazole rings is 1. The van der Waals surface area contributed by atoms with E-state index in [4.69, 9.17) is 13.9 Å². The van der Waals surface area contributed by atoms with Gasteiger partial charge in [0.25, 0.3) is 17.5 Å². The van der Waals surface area contributed by atoms with Gasteiger partial charge in [0.2, 0.25) is 5.95 Å². The molecule has 6 rings (SSSR count). The Bertz CT molecular complexity index is 2010. The minimum absolute atomic E-state index is 0.0483. The van der Waals surface area contributed by atoms with Crippen LogP contribution in [0.4, 0.5) is 16.4 Å². The number of aromatic amines is 1. The van der Waals surface area contributed by atoms with Gasteiger partial charge in [-0.1, -0.05) is 26.0 Å². The van der Waals surface area contributed by atoms with Crippen LogP contribution < -0.4 is 25.5 Å². The van der Waals surface area contributed by atoms with Crippen LogP contribution in [0.5, 0.6) is 11.5 Å². The van der Waals surface area contributed by atoms with Crippen molar-refractivity contribution in [1.29, 1.82) is 0 Å². The number of para-hydroxylation sites is 2. The summed E-state index contributed by atoms with van der Waals surface area (Å²) in [5.41, 5.74) is 5.96. The number of nitrogens with one attached hydrogen (secondary N) is 4. The molecule has 4 N–H and O–H groups in total. The second-order valence-corrected chi connectivity index (χ2v) is 10.7. The van der Waals surface area contributed by atoms with Crippen molar-refractivity contribution in [1.82, 2.24) is 20.6 Å². The molecular weight excluding hydrogens is 646 g/mol. The van der Waals surface area contributed by atoms with Gasteiger partial charge in [-0.3, -0.25) is 30.3 Å². The van der Waals surface area contributed by atoms with Crippen LogP contribution in [0.15, 0.2) is 94.0 Å². The van der Waals surface area contributed by atoms with E-state index < -0.39 is 22.8 Å². The number of carbonyl (C=O) groups excluding carboxylic acids is 3. The van der Waals surface area contributed by atoms with Crippen LogP contribution in [0.2, 0.25) is 0 Å². The van der Waals surface area contributed by atoms with E-state index in [0.29, 0.717) is 30.5 Å². The zero-order chi connectivity index (χ0) is 35.5. The molecule has 0 saturated carbocycles. The van der Waals surface area contributed by atoms with Gasteiger partial charge >= 0.3 is 6.03 Å². The Morgan fingerprint density at radius 3 is 2.34 bits per heavy atom. The average Bonchev–Trinajstić information content (AvgIpc) is 3.76. The molecule has 15 nitrogen and oxygen atoms in total. The summed E-state index contributed by atoms with van der Waals surface area (Å²) in [7, 11) is 0. The zero-order valence-electron chi connectivity index (χ0n) is 27.1. The maximum atomic E-state index is 11.6. The van der Waals surface area contributed by atoms with Crippen LogP contribution in [0.3, 0.4) is 0 Å². The Morgan fingerprint density at radius 2 is 1.64 bits per heavy atom. The van der Waals surface area contributed by atoms with Crippen LogP contribution in [0.1, 0.15) is 38.0 Å². The molecule has 0 atom stereocenters. The number of anilines is 1. The average molecular weight is 680 g/mol. The quantitative estimate of drug-likeness (QED) is 0.0387. The summed E-state index contributed by atoms with van der Waals surface area (Å²) in [4.78, 5) is 52.0. The summed E-state index contributed by atoms with van der Waals surface area (Å²) >= 11 is 0. The molecule has 3 aromatic carbocycles. The van der Waals surface area contributed by atoms with Crippen molar-refractivity contribution in [3.8, 4) is 22.8 Å². The zero-order valence-corrected chi connectivity index (χ0v) is 27.1. The molecule has 1 saturated heterocycles. The van der Waals surface area contributed by atoms with Crippen molar-refractivity contribution >= 4 is 52.8 Å². The van der Waals surface area contributed by atoms with Gasteiger partial charge in [-0.05, 0) is 67.4 Å². The van der Waals surface area contributed by atoms with Crippen molar-refractivity contribution in [3.05, 3.63) is 106 Å². The molecule has 1 fully saturated rings. The molecule has 1 aliphatic rings. The smallest absolute Gasteiger partial charge is 0.328 e. The standard InChI is InChI=1S/C20H24N4O2.C15H9N3O6/c1-3-11-25-16-10-9-15(19(13-16)26-12-4-2)14-21-24-20-22-17-7-5-6-8-18(17)23-20;19-13-11(14(20)17-15(21)16-13)7-10-5-6-12(24-10)8-1-3-9(4-2-8)18(22)23/h5-10,13-14H,3-4,11-12H2,1-2H3,(H2,22,23,24);1-7H,(H2,16,17,19,20,21)/b21-14+;. The Morgan fingerprint density at radius 1 is 0.920 bits per heavy atom. The molecule has 15 heteroatoms. The fraction of sp³-hybridized carbons (Fsp3) is 0.171. The van der Waals surface area contributed by atoms with Gasteiger partial charge in [0.1, 0.15) is 28.6 Å². The number of nitro groups is 1. The fourth-order valence-corrected chi connectivity index (χ4v) is 4.52. The molecule has 2 aromatic heterocycles. The van der Waals surface area contributed by atoms with E-state index in [1.807, 2.05) is 53.1 Å². The first kappa shape index (κ1) is 34.6. The number of aromatic nitrogens is 2. The molecule has 256 valence electrons. The molecule has 0 unspecified atom stereocenters. The lowest BCUT2D eigenvalue weighted by Crippen LogP contribution is -2.51. The number of nitrogens with zero attached hydrogens (tertiary/aromatic N) is 3. The number of H-pyrrole nitrogens is 1. The van der Waals surface area contributed by atoms with E-state index in [1.54, 1.807) is 12.3 Å². The number of urea groups is 1. The summed E-state index contributed by atoms with van der Waals surface area (Å²) in [6.45, 7) is 5.50. The summed E-state index contributed by atoms with van der Waals surface area (Å²) < 4.78 is 17.0. The van der Waals surface area contributed by atoms with Gasteiger partial charge in [0.05, 0.1) is 35.4 Å². The number of benzene rings is 3. The molecule has 0 spiro atoms. The Labute approximate surface area is 285 Å². The number of hydrogen-bond acceptors (Lipinski definition) is 11. The van der Waals surface area contributed by atoms with Gasteiger partial charge in [-0.25, -0.2) is 15.2 Å².